The molecule has 0 aromatic carbocycles. The minimum absolute atomic E-state index is 0.0552. The zero-order chi connectivity index (χ0) is 10.9. The Labute approximate surface area is 82.9 Å². The van der Waals surface area contributed by atoms with Crippen LogP contribution in [0.1, 0.15) is 6.92 Å². The van der Waals surface area contributed by atoms with Gasteiger partial charge in [0.1, 0.15) is 14.0 Å². The van der Waals surface area contributed by atoms with E-state index in [2.05, 4.69) is 4.52 Å². The Hall–Kier alpha value is 0.0949. The number of ether oxygens (including phenoxy) is 1. The largest absolute Gasteiger partial charge is 0.469 e. The van der Waals surface area contributed by atoms with Crippen LogP contribution in [0.2, 0.25) is 0 Å². The Kier molecular flexibility index (Phi) is 3.74. The maximum atomic E-state index is 10.4. The lowest BCUT2D eigenvalue weighted by molar-refractivity contribution is -0.00501. The van der Waals surface area contributed by atoms with Gasteiger partial charge in [-0.2, -0.15) is 0 Å². The molecule has 4 atom stereocenters. The smallest absolute Gasteiger partial charge is 0.390 e. The number of aliphatic hydroxyl groups excluding tert-OH is 1. The third kappa shape index (κ3) is 3.05. The first kappa shape index (κ1) is 12.2. The predicted octanol–water partition coefficient (Wildman–Crippen LogP) is -1.55. The van der Waals surface area contributed by atoms with E-state index in [1.807, 2.05) is 6.92 Å². The van der Waals surface area contributed by atoms with Crippen LogP contribution >= 0.6 is 7.82 Å². The van der Waals surface area contributed by atoms with Gasteiger partial charge in [-0.15, -0.1) is 0 Å². The molecule has 0 aromatic rings. The van der Waals surface area contributed by atoms with Crippen molar-refractivity contribution < 1.29 is 28.7 Å². The van der Waals surface area contributed by atoms with Gasteiger partial charge in [-0.25, -0.2) is 4.57 Å². The number of phosphoric ester groups is 1. The summed E-state index contributed by atoms with van der Waals surface area (Å²) in [5, 5.41) is 9.57. The normalized spacial score (nSPS) is 38.9. The summed E-state index contributed by atoms with van der Waals surface area (Å²) in [5.74, 6) is -0.0552. The van der Waals surface area contributed by atoms with Crippen LogP contribution in [0.5, 0.6) is 0 Å². The molecule has 1 heterocycles. The first-order chi connectivity index (χ1) is 6.31. The topological polar surface area (TPSA) is 96.2 Å². The van der Waals surface area contributed by atoms with Crippen molar-refractivity contribution in [2.45, 2.75) is 25.1 Å². The lowest BCUT2D eigenvalue weighted by Gasteiger charge is -2.15. The van der Waals surface area contributed by atoms with Gasteiger partial charge >= 0.3 is 7.82 Å². The molecule has 0 amide bonds. The van der Waals surface area contributed by atoms with Crippen molar-refractivity contribution in [1.82, 2.24) is 0 Å². The van der Waals surface area contributed by atoms with Crippen LogP contribution in [-0.4, -0.2) is 47.6 Å². The fourth-order valence-electron chi connectivity index (χ4n) is 1.40. The first-order valence-electron chi connectivity index (χ1n) is 4.35. The van der Waals surface area contributed by atoms with Crippen LogP contribution in [0.4, 0.5) is 0 Å². The molecule has 1 unspecified atom stereocenters. The summed E-state index contributed by atoms with van der Waals surface area (Å²) in [5.41, 5.74) is 0. The van der Waals surface area contributed by atoms with Gasteiger partial charge in [-0.05, 0) is 0 Å². The fourth-order valence-corrected chi connectivity index (χ4v) is 1.75. The monoisotopic (exact) mass is 224 g/mol. The Morgan fingerprint density at radius 2 is 2.14 bits per heavy atom. The molecule has 0 saturated carbocycles. The molecule has 1 fully saturated rings. The highest BCUT2D eigenvalue weighted by molar-refractivity contribution is 7.46. The molecule has 8 heteroatoms. The van der Waals surface area contributed by atoms with E-state index < -0.39 is 20.0 Å². The number of rotatable bonds is 3. The standard InChI is InChI=1S/C6H14BO6P/c1-3-5(8)4(13-6(3)7)2-12-14(9,10)11/h3-6,8H,2,7H2,1H3,(H2,9,10,11)/t3-,4?,5+,6-/m1/s1. The van der Waals surface area contributed by atoms with E-state index >= 15 is 0 Å². The molecule has 1 aliphatic heterocycles. The minimum atomic E-state index is -4.48. The highest BCUT2D eigenvalue weighted by Crippen LogP contribution is 2.37. The molecule has 1 saturated heterocycles. The summed E-state index contributed by atoms with van der Waals surface area (Å²) in [6, 6.07) is -0.129. The summed E-state index contributed by atoms with van der Waals surface area (Å²) in [4.78, 5) is 16.9. The summed E-state index contributed by atoms with van der Waals surface area (Å²) < 4.78 is 19.9. The summed E-state index contributed by atoms with van der Waals surface area (Å²) >= 11 is 0. The first-order valence-corrected chi connectivity index (χ1v) is 5.88. The molecule has 14 heavy (non-hydrogen) atoms. The molecule has 0 radical (unpaired) electrons. The average molecular weight is 224 g/mol. The van der Waals surface area contributed by atoms with Gasteiger partial charge in [-0.1, -0.05) is 6.92 Å². The zero-order valence-electron chi connectivity index (χ0n) is 8.03. The third-order valence-corrected chi connectivity index (χ3v) is 2.94. The van der Waals surface area contributed by atoms with Crippen molar-refractivity contribution in [3.63, 3.8) is 0 Å². The van der Waals surface area contributed by atoms with Crippen molar-refractivity contribution >= 4 is 15.7 Å². The maximum absolute atomic E-state index is 10.4. The molecule has 0 bridgehead atoms. The van der Waals surface area contributed by atoms with Crippen molar-refractivity contribution in [2.75, 3.05) is 6.61 Å². The second-order valence-corrected chi connectivity index (χ2v) is 4.76. The van der Waals surface area contributed by atoms with Crippen LogP contribution in [0.15, 0.2) is 0 Å². The van der Waals surface area contributed by atoms with Crippen molar-refractivity contribution in [2.24, 2.45) is 5.92 Å². The van der Waals surface area contributed by atoms with Gasteiger partial charge in [0.2, 0.25) is 0 Å². The molecule has 0 aliphatic carbocycles. The van der Waals surface area contributed by atoms with Gasteiger partial charge in [0.15, 0.2) is 0 Å². The van der Waals surface area contributed by atoms with E-state index in [0.29, 0.717) is 0 Å². The highest BCUT2D eigenvalue weighted by atomic mass is 31.2. The van der Waals surface area contributed by atoms with E-state index in [4.69, 9.17) is 14.5 Å². The van der Waals surface area contributed by atoms with E-state index in [1.165, 1.54) is 0 Å². The van der Waals surface area contributed by atoms with Crippen LogP contribution < -0.4 is 0 Å². The lowest BCUT2D eigenvalue weighted by Crippen LogP contribution is -2.29. The number of aliphatic hydroxyl groups is 1. The molecule has 82 valence electrons. The molecule has 0 aromatic heterocycles. The van der Waals surface area contributed by atoms with Gasteiger partial charge in [0.05, 0.1) is 12.7 Å². The van der Waals surface area contributed by atoms with Crippen LogP contribution in [0.25, 0.3) is 0 Å². The molecule has 1 rings (SSSR count). The fraction of sp³-hybridized carbons (Fsp3) is 1.00. The molecule has 1 aliphatic rings. The van der Waals surface area contributed by atoms with Crippen molar-refractivity contribution in [3.8, 4) is 0 Å². The van der Waals surface area contributed by atoms with Gasteiger partial charge < -0.3 is 19.6 Å². The van der Waals surface area contributed by atoms with Crippen molar-refractivity contribution in [3.05, 3.63) is 0 Å². The minimum Gasteiger partial charge on any atom is -0.390 e. The summed E-state index contributed by atoms with van der Waals surface area (Å²) in [6.07, 6.45) is -1.40. The maximum Gasteiger partial charge on any atom is 0.469 e. The quantitative estimate of drug-likeness (QED) is 0.396. The second-order valence-electron chi connectivity index (χ2n) is 3.52. The van der Waals surface area contributed by atoms with Crippen LogP contribution in [-0.2, 0) is 13.8 Å². The van der Waals surface area contributed by atoms with Gasteiger partial charge in [0, 0.05) is 11.9 Å². The van der Waals surface area contributed by atoms with E-state index in [-0.39, 0.29) is 18.5 Å². The number of hydrogen-bond donors (Lipinski definition) is 3. The average Bonchev–Trinajstić information content (AvgIpc) is 2.28. The van der Waals surface area contributed by atoms with Crippen LogP contribution in [0.3, 0.4) is 0 Å². The summed E-state index contributed by atoms with van der Waals surface area (Å²) in [7, 11) is -2.68. The zero-order valence-corrected chi connectivity index (χ0v) is 8.92. The predicted molar refractivity (Wildman–Crippen MR) is 50.4 cm³/mol. The third-order valence-electron chi connectivity index (χ3n) is 2.46. The van der Waals surface area contributed by atoms with E-state index in [1.54, 1.807) is 7.85 Å². The Morgan fingerprint density at radius 1 is 1.57 bits per heavy atom. The SMILES string of the molecule is B[C@@H]1OC(COP(=O)(O)O)[C@@H](O)[C@H]1C. The van der Waals surface area contributed by atoms with E-state index in [9.17, 15) is 9.67 Å². The van der Waals surface area contributed by atoms with Crippen molar-refractivity contribution in [1.29, 1.82) is 0 Å². The second kappa shape index (κ2) is 4.30. The lowest BCUT2D eigenvalue weighted by atomic mass is 9.86. The van der Waals surface area contributed by atoms with E-state index in [0.717, 1.165) is 0 Å². The van der Waals surface area contributed by atoms with Crippen LogP contribution in [0, 0.1) is 5.92 Å². The molecular weight excluding hydrogens is 210 g/mol. The van der Waals surface area contributed by atoms with Gasteiger partial charge in [0.25, 0.3) is 0 Å². The summed E-state index contributed by atoms with van der Waals surface area (Å²) in [6.45, 7) is 1.52. The Morgan fingerprint density at radius 3 is 2.50 bits per heavy atom. The number of hydrogen-bond acceptors (Lipinski definition) is 4. The molecule has 3 N–H and O–H groups in total. The van der Waals surface area contributed by atoms with Gasteiger partial charge in [-0.3, -0.25) is 4.52 Å². The molecule has 6 nitrogen and oxygen atoms in total. The Balaban J connectivity index is 2.44. The number of phosphoric acid groups is 1. The molecule has 0 spiro atoms. The Bertz CT molecular complexity index is 242. The molecular formula is C6H14BO6P. The highest BCUT2D eigenvalue weighted by Gasteiger charge is 2.39.